The van der Waals surface area contributed by atoms with Gasteiger partial charge in [-0.25, -0.2) is 15.8 Å². The highest BCUT2D eigenvalue weighted by atomic mass is 16.2. The van der Waals surface area contributed by atoms with Gasteiger partial charge in [-0.1, -0.05) is 42.5 Å². The Morgan fingerprint density at radius 2 is 1.59 bits per heavy atom. The minimum absolute atomic E-state index is 0.0351. The molecule has 1 atom stereocenters. The molecule has 1 unspecified atom stereocenters. The van der Waals surface area contributed by atoms with E-state index in [4.69, 9.17) is 21.5 Å². The van der Waals surface area contributed by atoms with Crippen LogP contribution in [0.5, 0.6) is 0 Å². The predicted molar refractivity (Wildman–Crippen MR) is 226 cm³/mol. The van der Waals surface area contributed by atoms with E-state index in [0.29, 0.717) is 59.1 Å². The number of carbonyl (C=O) groups excluding carboxylic acids is 6. The first-order chi connectivity index (χ1) is 29.5. The van der Waals surface area contributed by atoms with Gasteiger partial charge in [0.15, 0.2) is 0 Å². The molecule has 2 saturated heterocycles. The van der Waals surface area contributed by atoms with Gasteiger partial charge in [-0.2, -0.15) is 0 Å². The Morgan fingerprint density at radius 3 is 2.39 bits per heavy atom. The van der Waals surface area contributed by atoms with Crippen molar-refractivity contribution in [3.63, 3.8) is 0 Å². The van der Waals surface area contributed by atoms with E-state index >= 15 is 0 Å². The largest absolute Gasteiger partial charge is 0.399 e. The third-order valence-corrected chi connectivity index (χ3v) is 11.4. The number of rotatable bonds is 12. The highest BCUT2D eigenvalue weighted by Crippen LogP contribution is 2.37. The number of anilines is 2. The molecule has 2 fully saturated rings. The van der Waals surface area contributed by atoms with Crippen molar-refractivity contribution in [3.8, 4) is 0 Å². The summed E-state index contributed by atoms with van der Waals surface area (Å²) in [7, 11) is 0. The Labute approximate surface area is 348 Å². The molecule has 9 rings (SSSR count). The molecule has 8 N–H and O–H groups in total. The molecule has 5 aromatic rings. The van der Waals surface area contributed by atoms with E-state index in [9.17, 15) is 28.8 Å². The van der Waals surface area contributed by atoms with E-state index in [1.165, 1.54) is 11.1 Å². The van der Waals surface area contributed by atoms with E-state index in [-0.39, 0.29) is 41.7 Å². The van der Waals surface area contributed by atoms with Crippen LogP contribution in [-0.4, -0.2) is 117 Å². The van der Waals surface area contributed by atoms with E-state index in [2.05, 4.69) is 30.7 Å². The molecule has 0 spiro atoms. The molecule has 310 valence electrons. The number of piperazine rings is 1. The number of imide groups is 3. The first kappa shape index (κ1) is 39.0. The van der Waals surface area contributed by atoms with Gasteiger partial charge in [-0.05, 0) is 37.1 Å². The number of aromatic nitrogens is 3. The fourth-order valence-corrected chi connectivity index (χ4v) is 8.44. The van der Waals surface area contributed by atoms with Crippen molar-refractivity contribution in [1.29, 1.82) is 0 Å². The van der Waals surface area contributed by atoms with Crippen molar-refractivity contribution in [2.75, 3.05) is 56.0 Å². The molecule has 0 saturated carbocycles. The number of hydrogen-bond acceptors (Lipinski definition) is 14. The Morgan fingerprint density at radius 1 is 0.836 bits per heavy atom. The Bertz CT molecular complexity index is 2730. The normalized spacial score (nSPS) is 18.7. The number of nitrogens with two attached hydrogens (primary N) is 2. The number of piperidine rings is 1. The lowest BCUT2D eigenvalue weighted by atomic mass is 9.97. The molecule has 0 radical (unpaired) electrons. The SMILES string of the molecule is N/C(=C\N(N)CCCN1CCN(c2nc(C3=C(c4c[nH]c5ccccc45)C(=O)NC3=O)c3ccccc3n2)CC1)CNc1cccc2c1C(=O)N(C1CCC(=O)NC1=O)C2=O. The molecule has 4 aliphatic rings. The zero-order valence-corrected chi connectivity index (χ0v) is 32.9. The maximum absolute atomic E-state index is 13.5. The van der Waals surface area contributed by atoms with Gasteiger partial charge in [-0.3, -0.25) is 49.2 Å². The van der Waals surface area contributed by atoms with Crippen LogP contribution in [0.15, 0.2) is 84.8 Å². The molecule has 0 bridgehead atoms. The zero-order chi connectivity index (χ0) is 42.4. The summed E-state index contributed by atoms with van der Waals surface area (Å²) in [6, 6.07) is 18.9. The monoisotopic (exact) mass is 822 g/mol. The number of hydrogen-bond donors (Lipinski definition) is 6. The number of hydrazine groups is 1. The Hall–Kier alpha value is -7.44. The molecule has 3 aromatic carbocycles. The van der Waals surface area contributed by atoms with Crippen molar-refractivity contribution in [3.05, 3.63) is 107 Å². The molecule has 18 heteroatoms. The molecule has 61 heavy (non-hydrogen) atoms. The summed E-state index contributed by atoms with van der Waals surface area (Å²) in [5.41, 5.74) is 10.5. The summed E-state index contributed by atoms with van der Waals surface area (Å²) in [4.78, 5) is 95.9. The topological polar surface area (TPSA) is 245 Å². The van der Waals surface area contributed by atoms with Crippen LogP contribution in [0.3, 0.4) is 0 Å². The minimum atomic E-state index is -1.06. The van der Waals surface area contributed by atoms with Crippen LogP contribution in [0.25, 0.3) is 33.0 Å². The van der Waals surface area contributed by atoms with Crippen LogP contribution < -0.4 is 32.4 Å². The molecule has 4 aliphatic heterocycles. The number of nitrogens with zero attached hydrogens (tertiary/aromatic N) is 6. The quantitative estimate of drug-likeness (QED) is 0.0596. The van der Waals surface area contributed by atoms with Crippen LogP contribution in [0.2, 0.25) is 0 Å². The second-order valence-electron chi connectivity index (χ2n) is 15.3. The standard InChI is InChI=1S/C43H42N12O6/c44-24(21-46-31-12-5-9-27-34(31)42(61)55(41(27)60)32-13-14-33(56)49-38(32)57)23-54(45)16-6-15-52-17-19-53(20-18-52)43-48-30-11-4-2-8-26(30)37(50-43)36-35(39(58)51-40(36)59)28-22-47-29-10-3-1-7-25(28)29/h1-5,7-12,22-23,32,46-47H,6,13-21,44-45H2,(H,49,56,57)(H,51,58,59)/b24-23-. The maximum Gasteiger partial charge on any atom is 0.264 e. The molecule has 0 aliphatic carbocycles. The van der Waals surface area contributed by atoms with Crippen LogP contribution in [0.1, 0.15) is 51.2 Å². The third-order valence-electron chi connectivity index (χ3n) is 11.4. The maximum atomic E-state index is 13.5. The van der Waals surface area contributed by atoms with Crippen molar-refractivity contribution in [2.45, 2.75) is 25.3 Å². The summed E-state index contributed by atoms with van der Waals surface area (Å²) < 4.78 is 0. The van der Waals surface area contributed by atoms with Gasteiger partial charge >= 0.3 is 0 Å². The lowest BCUT2D eigenvalue weighted by Gasteiger charge is -2.35. The van der Waals surface area contributed by atoms with Crippen LogP contribution in [0, 0.1) is 0 Å². The number of carbonyl (C=O) groups is 6. The van der Waals surface area contributed by atoms with Gasteiger partial charge in [0.05, 0.1) is 40.0 Å². The number of amides is 6. The molecule has 6 amide bonds. The average Bonchev–Trinajstić information content (AvgIpc) is 3.89. The van der Waals surface area contributed by atoms with Crippen LogP contribution in [0.4, 0.5) is 11.6 Å². The first-order valence-corrected chi connectivity index (χ1v) is 20.0. The molecule has 6 heterocycles. The Balaban J connectivity index is 0.810. The number of benzene rings is 3. The molecule has 2 aromatic heterocycles. The highest BCUT2D eigenvalue weighted by Gasteiger charge is 2.45. The van der Waals surface area contributed by atoms with Crippen molar-refractivity contribution in [1.82, 2.24) is 40.4 Å². The van der Waals surface area contributed by atoms with Gasteiger partial charge in [0, 0.05) is 91.3 Å². The van der Waals surface area contributed by atoms with Gasteiger partial charge in [0.2, 0.25) is 17.8 Å². The average molecular weight is 823 g/mol. The number of aromatic amines is 1. The molecule has 18 nitrogen and oxygen atoms in total. The fraction of sp³-hybridized carbons (Fsp3) is 0.256. The minimum Gasteiger partial charge on any atom is -0.399 e. The number of nitrogens with one attached hydrogen (secondary N) is 4. The summed E-state index contributed by atoms with van der Waals surface area (Å²) in [5.74, 6) is 3.50. The number of para-hydroxylation sites is 2. The zero-order valence-electron chi connectivity index (χ0n) is 32.9. The summed E-state index contributed by atoms with van der Waals surface area (Å²) >= 11 is 0. The van der Waals surface area contributed by atoms with E-state index < -0.39 is 41.5 Å². The lowest BCUT2D eigenvalue weighted by molar-refractivity contribution is -0.136. The van der Waals surface area contributed by atoms with Crippen molar-refractivity contribution < 1.29 is 28.8 Å². The fourth-order valence-electron chi connectivity index (χ4n) is 8.44. The smallest absolute Gasteiger partial charge is 0.264 e. The number of fused-ring (bicyclic) bond motifs is 3. The van der Waals surface area contributed by atoms with Gasteiger partial charge in [0.1, 0.15) is 6.04 Å². The summed E-state index contributed by atoms with van der Waals surface area (Å²) in [6.07, 6.45) is 4.22. The van der Waals surface area contributed by atoms with E-state index in [1.807, 2.05) is 48.5 Å². The lowest BCUT2D eigenvalue weighted by Crippen LogP contribution is -2.54. The number of H-pyrrole nitrogens is 1. The van der Waals surface area contributed by atoms with E-state index in [0.717, 1.165) is 41.9 Å². The molecular weight excluding hydrogens is 781 g/mol. The second kappa shape index (κ2) is 16.0. The van der Waals surface area contributed by atoms with Gasteiger partial charge < -0.3 is 25.9 Å². The predicted octanol–water partition coefficient (Wildman–Crippen LogP) is 1.68. The first-order valence-electron chi connectivity index (χ1n) is 20.0. The van der Waals surface area contributed by atoms with Crippen LogP contribution in [-0.2, 0) is 19.2 Å². The third kappa shape index (κ3) is 7.31. The molecular formula is C43H42N12O6. The van der Waals surface area contributed by atoms with Gasteiger partial charge in [-0.15, -0.1) is 0 Å². The second-order valence-corrected chi connectivity index (χ2v) is 15.3. The summed E-state index contributed by atoms with van der Waals surface area (Å²) in [5, 5.41) is 10.8. The van der Waals surface area contributed by atoms with Crippen molar-refractivity contribution >= 4 is 80.0 Å². The van der Waals surface area contributed by atoms with E-state index in [1.54, 1.807) is 24.5 Å². The van der Waals surface area contributed by atoms with Crippen molar-refractivity contribution in [2.24, 2.45) is 11.6 Å². The highest BCUT2D eigenvalue weighted by molar-refractivity contribution is 6.50. The Kier molecular flexibility index (Phi) is 10.2. The summed E-state index contributed by atoms with van der Waals surface area (Å²) in [6.45, 7) is 4.19. The van der Waals surface area contributed by atoms with Gasteiger partial charge in [0.25, 0.3) is 23.6 Å². The van der Waals surface area contributed by atoms with Crippen LogP contribution >= 0.6 is 0 Å².